The van der Waals surface area contributed by atoms with E-state index < -0.39 is 0 Å². The third-order valence-corrected chi connectivity index (χ3v) is 4.02. The third-order valence-electron chi connectivity index (χ3n) is 4.02. The van der Waals surface area contributed by atoms with Crippen LogP contribution in [0.4, 0.5) is 0 Å². The molecular formula is C17H23N5O2. The Labute approximate surface area is 141 Å². The lowest BCUT2D eigenvalue weighted by Gasteiger charge is -2.32. The molecule has 3 rings (SSSR count). The van der Waals surface area contributed by atoms with E-state index in [1.807, 2.05) is 42.0 Å². The van der Waals surface area contributed by atoms with Gasteiger partial charge in [0.05, 0.1) is 19.7 Å². The Kier molecular flexibility index (Phi) is 5.22. The van der Waals surface area contributed by atoms with Crippen LogP contribution < -0.4 is 0 Å². The van der Waals surface area contributed by atoms with Crippen LogP contribution in [-0.4, -0.2) is 64.2 Å². The second-order valence-electron chi connectivity index (χ2n) is 6.14. The molecule has 7 nitrogen and oxygen atoms in total. The summed E-state index contributed by atoms with van der Waals surface area (Å²) in [5, 5.41) is 6.96. The molecule has 1 fully saturated rings. The number of hydrogen-bond donors (Lipinski definition) is 1. The van der Waals surface area contributed by atoms with Gasteiger partial charge in [0.15, 0.2) is 5.82 Å². The third kappa shape index (κ3) is 4.18. The highest BCUT2D eigenvalue weighted by atomic mass is 16.5. The number of nitrogens with one attached hydrogen (secondary N) is 1. The zero-order valence-corrected chi connectivity index (χ0v) is 14.1. The number of carbonyl (C=O) groups is 1. The van der Waals surface area contributed by atoms with Crippen molar-refractivity contribution in [2.24, 2.45) is 0 Å². The summed E-state index contributed by atoms with van der Waals surface area (Å²) in [5.74, 6) is 1.47. The molecule has 1 saturated heterocycles. The SMILES string of the molecule is Cc1nc([C@@H]2CN(C(=O)CN(C)Cc3ccccc3)CCO2)n[nH]1. The Morgan fingerprint density at radius 2 is 2.21 bits per heavy atom. The fourth-order valence-electron chi connectivity index (χ4n) is 2.82. The van der Waals surface area contributed by atoms with Gasteiger partial charge in [0.2, 0.25) is 5.91 Å². The van der Waals surface area contributed by atoms with E-state index in [1.54, 1.807) is 0 Å². The minimum Gasteiger partial charge on any atom is -0.366 e. The first-order valence-electron chi connectivity index (χ1n) is 8.12. The monoisotopic (exact) mass is 329 g/mol. The van der Waals surface area contributed by atoms with Crippen molar-refractivity contribution in [2.75, 3.05) is 33.3 Å². The van der Waals surface area contributed by atoms with Crippen LogP contribution in [0.15, 0.2) is 30.3 Å². The van der Waals surface area contributed by atoms with Gasteiger partial charge >= 0.3 is 0 Å². The van der Waals surface area contributed by atoms with E-state index in [-0.39, 0.29) is 12.0 Å². The van der Waals surface area contributed by atoms with Gasteiger partial charge in [0, 0.05) is 13.1 Å². The van der Waals surface area contributed by atoms with Crippen molar-refractivity contribution >= 4 is 5.91 Å². The number of morpholine rings is 1. The number of nitrogens with zero attached hydrogens (tertiary/aromatic N) is 4. The molecule has 1 aromatic heterocycles. The van der Waals surface area contributed by atoms with E-state index in [0.717, 1.165) is 12.4 Å². The summed E-state index contributed by atoms with van der Waals surface area (Å²) >= 11 is 0. The molecule has 0 unspecified atom stereocenters. The van der Waals surface area contributed by atoms with Crippen LogP contribution in [-0.2, 0) is 16.1 Å². The minimum absolute atomic E-state index is 0.106. The molecule has 24 heavy (non-hydrogen) atoms. The van der Waals surface area contributed by atoms with Gasteiger partial charge in [-0.15, -0.1) is 0 Å². The predicted octanol–water partition coefficient (Wildman–Crippen LogP) is 1.15. The number of aromatic amines is 1. The maximum Gasteiger partial charge on any atom is 0.236 e. The molecule has 128 valence electrons. The molecule has 1 aromatic carbocycles. The Balaban J connectivity index is 1.54. The average molecular weight is 329 g/mol. The summed E-state index contributed by atoms with van der Waals surface area (Å²) in [4.78, 5) is 20.7. The fraction of sp³-hybridized carbons (Fsp3) is 0.471. The Morgan fingerprint density at radius 1 is 1.42 bits per heavy atom. The van der Waals surface area contributed by atoms with E-state index >= 15 is 0 Å². The summed E-state index contributed by atoms with van der Waals surface area (Å²) in [6.07, 6.45) is -0.257. The van der Waals surface area contributed by atoms with Crippen molar-refractivity contribution in [2.45, 2.75) is 19.6 Å². The summed E-state index contributed by atoms with van der Waals surface area (Å²) in [6, 6.07) is 10.1. The zero-order valence-electron chi connectivity index (χ0n) is 14.1. The second-order valence-corrected chi connectivity index (χ2v) is 6.14. The van der Waals surface area contributed by atoms with Gasteiger partial charge in [0.1, 0.15) is 11.9 Å². The van der Waals surface area contributed by atoms with Crippen LogP contribution in [0.1, 0.15) is 23.3 Å². The van der Waals surface area contributed by atoms with Crippen LogP contribution in [0.25, 0.3) is 0 Å². The normalized spacial score (nSPS) is 18.1. The summed E-state index contributed by atoms with van der Waals surface area (Å²) in [7, 11) is 1.96. The molecule has 0 saturated carbocycles. The van der Waals surface area contributed by atoms with Crippen LogP contribution in [0.5, 0.6) is 0 Å². The van der Waals surface area contributed by atoms with Crippen molar-refractivity contribution < 1.29 is 9.53 Å². The molecule has 0 radical (unpaired) electrons. The second kappa shape index (κ2) is 7.55. The van der Waals surface area contributed by atoms with E-state index in [2.05, 4.69) is 27.3 Å². The topological polar surface area (TPSA) is 74.3 Å². The number of H-pyrrole nitrogens is 1. The minimum atomic E-state index is -0.257. The summed E-state index contributed by atoms with van der Waals surface area (Å²) < 4.78 is 5.71. The first-order valence-corrected chi connectivity index (χ1v) is 8.12. The smallest absolute Gasteiger partial charge is 0.236 e. The lowest BCUT2D eigenvalue weighted by Crippen LogP contribution is -2.46. The number of likely N-dealkylation sites (N-methyl/N-ethyl adjacent to an activating group) is 1. The highest BCUT2D eigenvalue weighted by molar-refractivity contribution is 5.78. The lowest BCUT2D eigenvalue weighted by molar-refractivity contribution is -0.140. The Morgan fingerprint density at radius 3 is 2.92 bits per heavy atom. The molecule has 1 N–H and O–H groups in total. The van der Waals surface area contributed by atoms with Crippen LogP contribution in [0.2, 0.25) is 0 Å². The maximum atomic E-state index is 12.6. The molecule has 1 aliphatic heterocycles. The molecule has 1 atom stereocenters. The summed E-state index contributed by atoms with van der Waals surface area (Å²) in [6.45, 7) is 4.59. The maximum absolute atomic E-state index is 12.6. The number of rotatable bonds is 5. The molecule has 0 aliphatic carbocycles. The van der Waals surface area contributed by atoms with E-state index in [4.69, 9.17) is 4.74 Å². The first kappa shape index (κ1) is 16.6. The van der Waals surface area contributed by atoms with Gasteiger partial charge in [-0.3, -0.25) is 14.8 Å². The lowest BCUT2D eigenvalue weighted by atomic mass is 10.2. The van der Waals surface area contributed by atoms with Gasteiger partial charge in [-0.1, -0.05) is 30.3 Å². The quantitative estimate of drug-likeness (QED) is 0.890. The molecule has 7 heteroatoms. The van der Waals surface area contributed by atoms with Crippen LogP contribution >= 0.6 is 0 Å². The number of amides is 1. The van der Waals surface area contributed by atoms with Crippen LogP contribution in [0, 0.1) is 6.92 Å². The standard InChI is InChI=1S/C17H23N5O2/c1-13-18-17(20-19-13)15-11-22(8-9-24-15)16(23)12-21(2)10-14-6-4-3-5-7-14/h3-7,15H,8-12H2,1-2H3,(H,18,19,20)/t15-/m0/s1. The molecule has 0 spiro atoms. The highest BCUT2D eigenvalue weighted by Gasteiger charge is 2.28. The molecule has 1 aliphatic rings. The number of carbonyl (C=O) groups excluding carboxylic acids is 1. The Hall–Kier alpha value is -2.25. The number of hydrogen-bond acceptors (Lipinski definition) is 5. The van der Waals surface area contributed by atoms with E-state index in [0.29, 0.717) is 32.1 Å². The van der Waals surface area contributed by atoms with Gasteiger partial charge in [-0.25, -0.2) is 4.98 Å². The van der Waals surface area contributed by atoms with E-state index in [1.165, 1.54) is 5.56 Å². The molecular weight excluding hydrogens is 306 g/mol. The Bertz CT molecular complexity index is 673. The molecule has 0 bridgehead atoms. The van der Waals surface area contributed by atoms with Gasteiger partial charge in [0.25, 0.3) is 0 Å². The molecule has 2 heterocycles. The predicted molar refractivity (Wildman–Crippen MR) is 89.2 cm³/mol. The van der Waals surface area contributed by atoms with Crippen LogP contribution in [0.3, 0.4) is 0 Å². The van der Waals surface area contributed by atoms with Gasteiger partial charge in [-0.2, -0.15) is 5.10 Å². The largest absolute Gasteiger partial charge is 0.366 e. The first-order chi connectivity index (χ1) is 11.6. The van der Waals surface area contributed by atoms with E-state index in [9.17, 15) is 4.79 Å². The van der Waals surface area contributed by atoms with Crippen molar-refractivity contribution in [3.63, 3.8) is 0 Å². The summed E-state index contributed by atoms with van der Waals surface area (Å²) in [5.41, 5.74) is 1.20. The van der Waals surface area contributed by atoms with Gasteiger partial charge in [-0.05, 0) is 19.5 Å². The average Bonchev–Trinajstić information content (AvgIpc) is 3.02. The van der Waals surface area contributed by atoms with Crippen molar-refractivity contribution in [1.29, 1.82) is 0 Å². The number of aromatic nitrogens is 3. The van der Waals surface area contributed by atoms with Crippen molar-refractivity contribution in [3.05, 3.63) is 47.5 Å². The number of ether oxygens (including phenoxy) is 1. The molecule has 1 amide bonds. The van der Waals surface area contributed by atoms with Crippen molar-refractivity contribution in [3.8, 4) is 0 Å². The zero-order chi connectivity index (χ0) is 16.9. The number of aryl methyl sites for hydroxylation is 1. The highest BCUT2D eigenvalue weighted by Crippen LogP contribution is 2.19. The van der Waals surface area contributed by atoms with Gasteiger partial charge < -0.3 is 9.64 Å². The fourth-order valence-corrected chi connectivity index (χ4v) is 2.82. The van der Waals surface area contributed by atoms with Crippen molar-refractivity contribution in [1.82, 2.24) is 25.0 Å². The molecule has 2 aromatic rings. The number of benzene rings is 1.